The SMILES string of the molecule is O=S(=O)(Cc1nnc(CS(=O)(=O)c2cc(-c3ccccc3)n[nH]2)o1)Nc1ccccc1. The van der Waals surface area contributed by atoms with Gasteiger partial charge in [0.1, 0.15) is 11.5 Å². The number of rotatable bonds is 8. The van der Waals surface area contributed by atoms with E-state index in [4.69, 9.17) is 4.42 Å². The highest BCUT2D eigenvalue weighted by Gasteiger charge is 2.24. The van der Waals surface area contributed by atoms with Crippen molar-refractivity contribution in [3.05, 3.63) is 78.5 Å². The van der Waals surface area contributed by atoms with Crippen LogP contribution in [-0.4, -0.2) is 37.2 Å². The summed E-state index contributed by atoms with van der Waals surface area (Å²) in [6.45, 7) is 0. The van der Waals surface area contributed by atoms with E-state index < -0.39 is 31.4 Å². The van der Waals surface area contributed by atoms with Gasteiger partial charge in [0.05, 0.1) is 5.69 Å². The Balaban J connectivity index is 1.45. The quantitative estimate of drug-likeness (QED) is 0.408. The van der Waals surface area contributed by atoms with Crippen molar-refractivity contribution >= 4 is 25.5 Å². The number of anilines is 1. The molecule has 2 heterocycles. The predicted molar refractivity (Wildman–Crippen MR) is 112 cm³/mol. The Morgan fingerprint density at radius 1 is 0.839 bits per heavy atom. The smallest absolute Gasteiger partial charge is 0.241 e. The molecule has 0 aliphatic carbocycles. The van der Waals surface area contributed by atoms with Crippen molar-refractivity contribution in [2.45, 2.75) is 16.5 Å². The second-order valence-corrected chi connectivity index (χ2v) is 10.2. The molecule has 2 aromatic carbocycles. The lowest BCUT2D eigenvalue weighted by atomic mass is 10.2. The molecule has 2 N–H and O–H groups in total. The maximum absolute atomic E-state index is 12.7. The lowest BCUT2D eigenvalue weighted by Gasteiger charge is -2.05. The summed E-state index contributed by atoms with van der Waals surface area (Å²) in [5.41, 5.74) is 1.62. The number of aromatic nitrogens is 4. The summed E-state index contributed by atoms with van der Waals surface area (Å²) < 4.78 is 57.4. The number of nitrogens with zero attached hydrogens (tertiary/aromatic N) is 3. The topological polar surface area (TPSA) is 148 Å². The van der Waals surface area contributed by atoms with Gasteiger partial charge in [0.2, 0.25) is 31.6 Å². The van der Waals surface area contributed by atoms with Gasteiger partial charge in [-0.1, -0.05) is 48.5 Å². The average molecular weight is 460 g/mol. The highest BCUT2D eigenvalue weighted by Crippen LogP contribution is 2.21. The lowest BCUT2D eigenvalue weighted by molar-refractivity contribution is 0.472. The van der Waals surface area contributed by atoms with Gasteiger partial charge in [0.15, 0.2) is 5.03 Å². The zero-order chi connectivity index (χ0) is 21.9. The number of hydrogen-bond acceptors (Lipinski definition) is 8. The van der Waals surface area contributed by atoms with E-state index in [9.17, 15) is 16.8 Å². The molecule has 0 radical (unpaired) electrons. The van der Waals surface area contributed by atoms with Crippen LogP contribution in [0.5, 0.6) is 0 Å². The van der Waals surface area contributed by atoms with E-state index in [0.717, 1.165) is 5.56 Å². The fourth-order valence-electron chi connectivity index (χ4n) is 2.75. The van der Waals surface area contributed by atoms with Crippen LogP contribution in [0, 0.1) is 0 Å². The Hall–Kier alpha value is -3.51. The lowest BCUT2D eigenvalue weighted by Crippen LogP contribution is -2.15. The molecular formula is C19H17N5O5S2. The molecule has 12 heteroatoms. The summed E-state index contributed by atoms with van der Waals surface area (Å²) in [4.78, 5) is 0. The van der Waals surface area contributed by atoms with Crippen LogP contribution in [-0.2, 0) is 31.4 Å². The molecule has 0 aliphatic rings. The van der Waals surface area contributed by atoms with Gasteiger partial charge >= 0.3 is 0 Å². The van der Waals surface area contributed by atoms with Crippen LogP contribution < -0.4 is 4.72 Å². The Morgan fingerprint density at radius 2 is 1.45 bits per heavy atom. The summed E-state index contributed by atoms with van der Waals surface area (Å²) in [7, 11) is -7.67. The highest BCUT2D eigenvalue weighted by atomic mass is 32.2. The number of nitrogens with one attached hydrogen (secondary N) is 2. The van der Waals surface area contributed by atoms with E-state index in [-0.39, 0.29) is 16.8 Å². The minimum atomic E-state index is -3.86. The third-order valence-corrected chi connectivity index (χ3v) is 6.82. The number of sulfonamides is 1. The zero-order valence-electron chi connectivity index (χ0n) is 16.0. The highest BCUT2D eigenvalue weighted by molar-refractivity contribution is 7.92. The van der Waals surface area contributed by atoms with Gasteiger partial charge in [-0.15, -0.1) is 10.2 Å². The van der Waals surface area contributed by atoms with Crippen molar-refractivity contribution in [1.82, 2.24) is 20.4 Å². The zero-order valence-corrected chi connectivity index (χ0v) is 17.6. The second kappa shape index (κ2) is 8.32. The van der Waals surface area contributed by atoms with E-state index in [1.807, 2.05) is 18.2 Å². The fourth-order valence-corrected chi connectivity index (χ4v) is 4.83. The van der Waals surface area contributed by atoms with Gasteiger partial charge in [0, 0.05) is 17.3 Å². The number of para-hydroxylation sites is 1. The van der Waals surface area contributed by atoms with E-state index in [0.29, 0.717) is 11.4 Å². The molecule has 0 bridgehead atoms. The van der Waals surface area contributed by atoms with Gasteiger partial charge in [0.25, 0.3) is 0 Å². The van der Waals surface area contributed by atoms with Crippen LogP contribution in [0.2, 0.25) is 0 Å². The van der Waals surface area contributed by atoms with Gasteiger partial charge in [-0.2, -0.15) is 5.10 Å². The molecule has 0 saturated carbocycles. The molecule has 0 aliphatic heterocycles. The van der Waals surface area contributed by atoms with Crippen LogP contribution in [0.4, 0.5) is 5.69 Å². The molecule has 2 aromatic heterocycles. The molecule has 4 rings (SSSR count). The van der Waals surface area contributed by atoms with Crippen molar-refractivity contribution < 1.29 is 21.3 Å². The van der Waals surface area contributed by atoms with Crippen molar-refractivity contribution in [2.75, 3.05) is 4.72 Å². The van der Waals surface area contributed by atoms with Gasteiger partial charge < -0.3 is 4.42 Å². The summed E-state index contributed by atoms with van der Waals surface area (Å²) in [6, 6.07) is 18.8. The van der Waals surface area contributed by atoms with Crippen LogP contribution in [0.3, 0.4) is 0 Å². The average Bonchev–Trinajstić information content (AvgIpc) is 3.39. The monoisotopic (exact) mass is 459 g/mol. The number of sulfone groups is 1. The van der Waals surface area contributed by atoms with Crippen LogP contribution in [0.25, 0.3) is 11.3 Å². The Bertz CT molecular complexity index is 1380. The first-order valence-electron chi connectivity index (χ1n) is 9.01. The fraction of sp³-hybridized carbons (Fsp3) is 0.105. The van der Waals surface area contributed by atoms with Crippen LogP contribution in [0.1, 0.15) is 11.8 Å². The molecular weight excluding hydrogens is 442 g/mol. The van der Waals surface area contributed by atoms with Crippen LogP contribution in [0.15, 0.2) is 76.2 Å². The van der Waals surface area contributed by atoms with E-state index in [2.05, 4.69) is 25.1 Å². The second-order valence-electron chi connectivity index (χ2n) is 6.56. The summed E-state index contributed by atoms with van der Waals surface area (Å²) in [6.07, 6.45) is 0. The summed E-state index contributed by atoms with van der Waals surface area (Å²) in [5, 5.41) is 13.7. The molecule has 0 amide bonds. The molecule has 31 heavy (non-hydrogen) atoms. The third-order valence-electron chi connectivity index (χ3n) is 4.14. The van der Waals surface area contributed by atoms with E-state index >= 15 is 0 Å². The third kappa shape index (κ3) is 5.16. The molecule has 0 saturated heterocycles. The number of H-pyrrole nitrogens is 1. The minimum Gasteiger partial charge on any atom is -0.423 e. The van der Waals surface area contributed by atoms with Crippen molar-refractivity contribution in [1.29, 1.82) is 0 Å². The van der Waals surface area contributed by atoms with Crippen molar-refractivity contribution in [3.8, 4) is 11.3 Å². The van der Waals surface area contributed by atoms with E-state index in [1.165, 1.54) is 6.07 Å². The molecule has 0 atom stereocenters. The normalized spacial score (nSPS) is 12.0. The number of hydrogen-bond donors (Lipinski definition) is 2. The molecule has 0 fully saturated rings. The first kappa shape index (κ1) is 20.8. The molecule has 10 nitrogen and oxygen atoms in total. The maximum atomic E-state index is 12.7. The molecule has 160 valence electrons. The molecule has 0 unspecified atom stereocenters. The maximum Gasteiger partial charge on any atom is 0.241 e. The minimum absolute atomic E-state index is 0.107. The van der Waals surface area contributed by atoms with Gasteiger partial charge in [-0.25, -0.2) is 16.8 Å². The largest absolute Gasteiger partial charge is 0.423 e. The summed E-state index contributed by atoms with van der Waals surface area (Å²) in [5.74, 6) is -1.62. The first-order chi connectivity index (χ1) is 14.8. The number of aromatic amines is 1. The van der Waals surface area contributed by atoms with Gasteiger partial charge in [-0.3, -0.25) is 9.82 Å². The molecule has 4 aromatic rings. The van der Waals surface area contributed by atoms with Crippen molar-refractivity contribution in [3.63, 3.8) is 0 Å². The van der Waals surface area contributed by atoms with Gasteiger partial charge in [-0.05, 0) is 12.1 Å². The Labute approximate surface area is 178 Å². The Morgan fingerprint density at radius 3 is 2.13 bits per heavy atom. The van der Waals surface area contributed by atoms with E-state index in [1.54, 1.807) is 42.5 Å². The first-order valence-corrected chi connectivity index (χ1v) is 12.3. The standard InChI is InChI=1S/C19H17N5O5S2/c25-30(26,19-11-16(20-23-19)14-7-3-1-4-8-14)12-17-21-22-18(29-17)13-31(27,28)24-15-9-5-2-6-10-15/h1-11,24H,12-13H2,(H,20,23). The summed E-state index contributed by atoms with van der Waals surface area (Å²) >= 11 is 0. The molecule has 0 spiro atoms. The van der Waals surface area contributed by atoms with Crippen LogP contribution >= 0.6 is 0 Å². The van der Waals surface area contributed by atoms with Crippen molar-refractivity contribution in [2.24, 2.45) is 0 Å². The number of benzene rings is 2. The Kier molecular flexibility index (Phi) is 5.57. The predicted octanol–water partition coefficient (Wildman–Crippen LogP) is 2.38.